The van der Waals surface area contributed by atoms with E-state index in [-0.39, 0.29) is 24.2 Å². The molecule has 3 N–H and O–H groups in total. The van der Waals surface area contributed by atoms with Gasteiger partial charge in [-0.2, -0.15) is 0 Å². The predicted molar refractivity (Wildman–Crippen MR) is 95.7 cm³/mol. The summed E-state index contributed by atoms with van der Waals surface area (Å²) in [5, 5.41) is 5.33. The van der Waals surface area contributed by atoms with E-state index in [0.29, 0.717) is 5.13 Å². The molecular weight excluding hydrogens is 318 g/mol. The number of anilines is 1. The van der Waals surface area contributed by atoms with E-state index in [1.807, 2.05) is 19.2 Å². The van der Waals surface area contributed by atoms with Crippen molar-refractivity contribution in [3.05, 3.63) is 34.7 Å². The Balaban J connectivity index is 0.00000242. The standard InChI is InChI=1S/C16H21N3OS.ClH/c1-9(2)14(17)15(20)19-16-18-13(8-21-16)12-6-5-10(3)7-11(12)4;/h5-9,14H,17H2,1-4H3,(H,18,19,20);1H. The summed E-state index contributed by atoms with van der Waals surface area (Å²) in [4.78, 5) is 16.4. The second-order valence-corrected chi connectivity index (χ2v) is 6.47. The van der Waals surface area contributed by atoms with Crippen LogP contribution < -0.4 is 11.1 Å². The lowest BCUT2D eigenvalue weighted by molar-refractivity contribution is -0.118. The topological polar surface area (TPSA) is 68.0 Å². The van der Waals surface area contributed by atoms with Crippen LogP contribution in [0.2, 0.25) is 0 Å². The van der Waals surface area contributed by atoms with Gasteiger partial charge < -0.3 is 11.1 Å². The fraction of sp³-hybridized carbons (Fsp3) is 0.375. The summed E-state index contributed by atoms with van der Waals surface area (Å²) >= 11 is 1.42. The first-order valence-corrected chi connectivity index (χ1v) is 7.86. The Morgan fingerprint density at radius 3 is 2.59 bits per heavy atom. The van der Waals surface area contributed by atoms with Gasteiger partial charge in [-0.25, -0.2) is 4.98 Å². The van der Waals surface area contributed by atoms with Crippen molar-refractivity contribution >= 4 is 34.8 Å². The number of aryl methyl sites for hydroxylation is 2. The zero-order valence-corrected chi connectivity index (χ0v) is 14.8. The van der Waals surface area contributed by atoms with Crippen LogP contribution in [-0.2, 0) is 4.79 Å². The quantitative estimate of drug-likeness (QED) is 0.890. The highest BCUT2D eigenvalue weighted by Crippen LogP contribution is 2.28. The van der Waals surface area contributed by atoms with Gasteiger partial charge in [-0.3, -0.25) is 4.79 Å². The number of nitrogens with two attached hydrogens (primary N) is 1. The monoisotopic (exact) mass is 339 g/mol. The van der Waals surface area contributed by atoms with Crippen molar-refractivity contribution in [2.75, 3.05) is 5.32 Å². The SMILES string of the molecule is Cc1ccc(-c2csc(NC(=O)C(N)C(C)C)n2)c(C)c1.Cl. The van der Waals surface area contributed by atoms with Crippen LogP contribution >= 0.6 is 23.7 Å². The summed E-state index contributed by atoms with van der Waals surface area (Å²) in [6, 6.07) is 5.74. The molecule has 4 nitrogen and oxygen atoms in total. The van der Waals surface area contributed by atoms with Crippen LogP contribution in [-0.4, -0.2) is 16.9 Å². The van der Waals surface area contributed by atoms with Crippen molar-refractivity contribution < 1.29 is 4.79 Å². The molecule has 6 heteroatoms. The molecule has 1 atom stereocenters. The molecule has 2 aromatic rings. The Bertz CT molecular complexity index is 655. The van der Waals surface area contributed by atoms with Gasteiger partial charge in [0.25, 0.3) is 0 Å². The van der Waals surface area contributed by atoms with Gasteiger partial charge in [-0.1, -0.05) is 37.6 Å². The number of halogens is 1. The molecule has 0 fully saturated rings. The highest BCUT2D eigenvalue weighted by molar-refractivity contribution is 7.14. The van der Waals surface area contributed by atoms with E-state index in [4.69, 9.17) is 5.73 Å². The number of aromatic nitrogens is 1. The third-order valence-electron chi connectivity index (χ3n) is 3.41. The van der Waals surface area contributed by atoms with Crippen molar-refractivity contribution in [1.29, 1.82) is 0 Å². The lowest BCUT2D eigenvalue weighted by Gasteiger charge is -2.13. The number of nitrogens with one attached hydrogen (secondary N) is 1. The van der Waals surface area contributed by atoms with E-state index in [1.165, 1.54) is 22.5 Å². The molecule has 0 spiro atoms. The molecule has 120 valence electrons. The first-order valence-electron chi connectivity index (χ1n) is 6.98. The van der Waals surface area contributed by atoms with Crippen LogP contribution in [0.25, 0.3) is 11.3 Å². The molecule has 0 aliphatic heterocycles. The van der Waals surface area contributed by atoms with Gasteiger partial charge in [0.15, 0.2) is 5.13 Å². The molecule has 0 bridgehead atoms. The molecule has 1 unspecified atom stereocenters. The molecule has 1 aromatic heterocycles. The first-order chi connectivity index (χ1) is 9.88. The van der Waals surface area contributed by atoms with Crippen LogP contribution in [0.1, 0.15) is 25.0 Å². The molecule has 1 aromatic carbocycles. The van der Waals surface area contributed by atoms with Gasteiger partial charge in [0.05, 0.1) is 11.7 Å². The minimum atomic E-state index is -0.515. The molecule has 0 aliphatic carbocycles. The van der Waals surface area contributed by atoms with Crippen molar-refractivity contribution in [3.8, 4) is 11.3 Å². The van der Waals surface area contributed by atoms with Crippen molar-refractivity contribution in [2.24, 2.45) is 11.7 Å². The van der Waals surface area contributed by atoms with Crippen molar-refractivity contribution in [1.82, 2.24) is 4.98 Å². The summed E-state index contributed by atoms with van der Waals surface area (Å²) in [7, 11) is 0. The van der Waals surface area contributed by atoms with Crippen molar-refractivity contribution in [2.45, 2.75) is 33.7 Å². The van der Waals surface area contributed by atoms with E-state index >= 15 is 0 Å². The maximum absolute atomic E-state index is 11.9. The predicted octanol–water partition coefficient (Wildman–Crippen LogP) is 3.77. The van der Waals surface area contributed by atoms with Crippen LogP contribution in [0.3, 0.4) is 0 Å². The first kappa shape index (κ1) is 18.6. The second kappa shape index (κ2) is 7.72. The Morgan fingerprint density at radius 2 is 2.00 bits per heavy atom. The number of nitrogens with zero attached hydrogens (tertiary/aromatic N) is 1. The smallest absolute Gasteiger partial charge is 0.243 e. The number of carbonyl (C=O) groups is 1. The number of rotatable bonds is 4. The Labute approximate surface area is 141 Å². The van der Waals surface area contributed by atoms with Crippen LogP contribution in [0.4, 0.5) is 5.13 Å². The molecule has 1 heterocycles. The van der Waals surface area contributed by atoms with Crippen molar-refractivity contribution in [3.63, 3.8) is 0 Å². The van der Waals surface area contributed by atoms with Gasteiger partial charge in [0.2, 0.25) is 5.91 Å². The summed E-state index contributed by atoms with van der Waals surface area (Å²) in [6.07, 6.45) is 0. The molecule has 22 heavy (non-hydrogen) atoms. The molecule has 0 aliphatic rings. The van der Waals surface area contributed by atoms with E-state index in [1.54, 1.807) is 0 Å². The second-order valence-electron chi connectivity index (χ2n) is 5.62. The number of thiazole rings is 1. The summed E-state index contributed by atoms with van der Waals surface area (Å²) in [5.41, 5.74) is 10.2. The molecule has 2 rings (SSSR count). The van der Waals surface area contributed by atoms with Crippen LogP contribution in [0.5, 0.6) is 0 Å². The van der Waals surface area contributed by atoms with E-state index in [0.717, 1.165) is 11.3 Å². The molecule has 1 amide bonds. The fourth-order valence-corrected chi connectivity index (χ4v) is 2.76. The maximum atomic E-state index is 11.9. The van der Waals surface area contributed by atoms with Gasteiger partial charge in [-0.15, -0.1) is 23.7 Å². The highest BCUT2D eigenvalue weighted by Gasteiger charge is 2.18. The lowest BCUT2D eigenvalue weighted by Crippen LogP contribution is -2.39. The van der Waals surface area contributed by atoms with Gasteiger partial charge in [-0.05, 0) is 25.3 Å². The number of amides is 1. The fourth-order valence-electron chi connectivity index (χ4n) is 2.05. The largest absolute Gasteiger partial charge is 0.320 e. The zero-order chi connectivity index (χ0) is 15.6. The van der Waals surface area contributed by atoms with Crippen LogP contribution in [0.15, 0.2) is 23.6 Å². The Morgan fingerprint density at radius 1 is 1.32 bits per heavy atom. The highest BCUT2D eigenvalue weighted by atomic mass is 35.5. The molecule has 0 saturated heterocycles. The maximum Gasteiger partial charge on any atom is 0.243 e. The van der Waals surface area contributed by atoms with Crippen LogP contribution in [0, 0.1) is 19.8 Å². The number of carbonyl (C=O) groups excluding carboxylic acids is 1. The molecular formula is C16H22ClN3OS. The number of hydrogen-bond acceptors (Lipinski definition) is 4. The normalized spacial score (nSPS) is 11.9. The Kier molecular flexibility index (Phi) is 6.53. The van der Waals surface area contributed by atoms with E-state index < -0.39 is 6.04 Å². The zero-order valence-electron chi connectivity index (χ0n) is 13.2. The van der Waals surface area contributed by atoms with Gasteiger partial charge in [0.1, 0.15) is 0 Å². The van der Waals surface area contributed by atoms with E-state index in [9.17, 15) is 4.79 Å². The average Bonchev–Trinajstić information content (AvgIpc) is 2.85. The Hall–Kier alpha value is -1.43. The minimum Gasteiger partial charge on any atom is -0.320 e. The lowest BCUT2D eigenvalue weighted by atomic mass is 10.0. The summed E-state index contributed by atoms with van der Waals surface area (Å²) in [5.74, 6) is -0.0877. The third-order valence-corrected chi connectivity index (χ3v) is 4.17. The van der Waals surface area contributed by atoms with E-state index in [2.05, 4.69) is 42.3 Å². The molecule has 0 radical (unpaired) electrons. The third kappa shape index (κ3) is 4.29. The molecule has 0 saturated carbocycles. The summed E-state index contributed by atoms with van der Waals surface area (Å²) in [6.45, 7) is 7.98. The van der Waals surface area contributed by atoms with Gasteiger partial charge >= 0.3 is 0 Å². The summed E-state index contributed by atoms with van der Waals surface area (Å²) < 4.78 is 0. The van der Waals surface area contributed by atoms with Gasteiger partial charge in [0, 0.05) is 10.9 Å². The number of benzene rings is 1. The average molecular weight is 340 g/mol. The number of hydrogen-bond donors (Lipinski definition) is 2. The minimum absolute atomic E-state index is 0.